The highest BCUT2D eigenvalue weighted by Crippen LogP contribution is 2.29. The number of hydrogen-bond donors (Lipinski definition) is 1. The van der Waals surface area contributed by atoms with Gasteiger partial charge in [0.2, 0.25) is 0 Å². The summed E-state index contributed by atoms with van der Waals surface area (Å²) >= 11 is 0. The minimum absolute atomic E-state index is 0.412. The van der Waals surface area contributed by atoms with Gasteiger partial charge in [0.25, 0.3) is 5.91 Å². The van der Waals surface area contributed by atoms with E-state index in [9.17, 15) is 32.3 Å². The molecule has 1 amide bonds. The van der Waals surface area contributed by atoms with Crippen LogP contribution in [0.15, 0.2) is 24.3 Å². The molecular formula is C17H18F3NO7. The molecule has 8 nitrogen and oxygen atoms in total. The number of hydrogen-bond acceptors (Lipinski definition) is 7. The third-order valence-electron chi connectivity index (χ3n) is 3.71. The molecule has 0 saturated heterocycles. The average molecular weight is 405 g/mol. The lowest BCUT2D eigenvalue weighted by Crippen LogP contribution is -2.50. The largest absolute Gasteiger partial charge is 0.469 e. The molecule has 0 fully saturated rings. The van der Waals surface area contributed by atoms with Gasteiger partial charge in [0.15, 0.2) is 0 Å². The Hall–Kier alpha value is -3.11. The quantitative estimate of drug-likeness (QED) is 0.539. The third kappa shape index (κ3) is 5.96. The first-order valence-corrected chi connectivity index (χ1v) is 7.75. The number of methoxy groups -OCH3 is 3. The van der Waals surface area contributed by atoms with Gasteiger partial charge in [0, 0.05) is 5.56 Å². The number of benzene rings is 1. The maximum absolute atomic E-state index is 12.8. The number of carbonyl (C=O) groups excluding carboxylic acids is 4. The summed E-state index contributed by atoms with van der Waals surface area (Å²) in [5.74, 6) is -5.60. The van der Waals surface area contributed by atoms with Crippen LogP contribution in [0, 0.1) is 5.92 Å². The number of esters is 3. The van der Waals surface area contributed by atoms with Crippen LogP contribution < -0.4 is 5.32 Å². The maximum atomic E-state index is 12.8. The van der Waals surface area contributed by atoms with Gasteiger partial charge in [-0.3, -0.25) is 14.4 Å². The zero-order valence-corrected chi connectivity index (χ0v) is 15.2. The first-order chi connectivity index (χ1) is 13.0. The van der Waals surface area contributed by atoms with E-state index in [2.05, 4.69) is 19.5 Å². The molecule has 0 aromatic heterocycles. The van der Waals surface area contributed by atoms with Gasteiger partial charge in [-0.25, -0.2) is 4.79 Å². The van der Waals surface area contributed by atoms with E-state index in [0.29, 0.717) is 6.07 Å². The summed E-state index contributed by atoms with van der Waals surface area (Å²) in [6, 6.07) is 1.75. The monoisotopic (exact) mass is 405 g/mol. The van der Waals surface area contributed by atoms with Crippen molar-refractivity contribution in [3.63, 3.8) is 0 Å². The smallest absolute Gasteiger partial charge is 0.416 e. The van der Waals surface area contributed by atoms with Crippen LogP contribution in [0.4, 0.5) is 13.2 Å². The molecule has 1 rings (SSSR count). The Balaban J connectivity index is 3.20. The second kappa shape index (κ2) is 9.72. The Bertz CT molecular complexity index is 749. The Kier molecular flexibility index (Phi) is 7.96. The zero-order valence-electron chi connectivity index (χ0n) is 15.2. The highest BCUT2D eigenvalue weighted by molar-refractivity contribution is 5.98. The van der Waals surface area contributed by atoms with E-state index in [1.165, 1.54) is 0 Å². The van der Waals surface area contributed by atoms with Crippen molar-refractivity contribution in [1.29, 1.82) is 0 Å². The molecule has 154 valence electrons. The van der Waals surface area contributed by atoms with Crippen LogP contribution in [0.2, 0.25) is 0 Å². The summed E-state index contributed by atoms with van der Waals surface area (Å²) in [6.07, 6.45) is -5.32. The second-order valence-electron chi connectivity index (χ2n) is 5.46. The van der Waals surface area contributed by atoms with Gasteiger partial charge in [0.1, 0.15) is 6.04 Å². The van der Waals surface area contributed by atoms with Crippen LogP contribution in [0.1, 0.15) is 22.3 Å². The molecule has 1 aromatic rings. The maximum Gasteiger partial charge on any atom is 0.416 e. The highest BCUT2D eigenvalue weighted by Gasteiger charge is 2.39. The van der Waals surface area contributed by atoms with Crippen molar-refractivity contribution in [2.24, 2.45) is 5.92 Å². The Morgan fingerprint density at radius 2 is 1.61 bits per heavy atom. The standard InChI is InChI=1S/C17H18F3NO7/c1-26-12(22)8-11(15(24)27-2)13(16(25)28-3)21-14(23)9-5-4-6-10(7-9)17(18,19)20/h4-7,11,13H,8H2,1-3H3,(H,21,23)/t11-,13-/m0/s1. The van der Waals surface area contributed by atoms with E-state index >= 15 is 0 Å². The minimum Gasteiger partial charge on any atom is -0.469 e. The number of rotatable bonds is 7. The number of carbonyl (C=O) groups is 4. The fraction of sp³-hybridized carbons (Fsp3) is 0.412. The van der Waals surface area contributed by atoms with Gasteiger partial charge in [-0.05, 0) is 18.2 Å². The van der Waals surface area contributed by atoms with E-state index in [0.717, 1.165) is 39.5 Å². The molecule has 11 heteroatoms. The summed E-state index contributed by atoms with van der Waals surface area (Å²) in [5.41, 5.74) is -1.49. The summed E-state index contributed by atoms with van der Waals surface area (Å²) in [4.78, 5) is 48.0. The van der Waals surface area contributed by atoms with Gasteiger partial charge >= 0.3 is 24.1 Å². The van der Waals surface area contributed by atoms with Gasteiger partial charge < -0.3 is 19.5 Å². The molecule has 1 N–H and O–H groups in total. The van der Waals surface area contributed by atoms with Crippen molar-refractivity contribution in [3.05, 3.63) is 35.4 Å². The summed E-state index contributed by atoms with van der Waals surface area (Å²) in [5, 5.41) is 2.12. The van der Waals surface area contributed by atoms with Crippen molar-refractivity contribution in [2.45, 2.75) is 18.6 Å². The first kappa shape index (κ1) is 22.9. The van der Waals surface area contributed by atoms with E-state index in [1.54, 1.807) is 0 Å². The SMILES string of the molecule is COC(=O)C[C@H](C(=O)OC)[C@H](NC(=O)c1cccc(C(F)(F)F)c1)C(=O)OC. The highest BCUT2D eigenvalue weighted by atomic mass is 19.4. The van der Waals surface area contributed by atoms with Crippen molar-refractivity contribution in [2.75, 3.05) is 21.3 Å². The van der Waals surface area contributed by atoms with Crippen molar-refractivity contribution in [1.82, 2.24) is 5.32 Å². The first-order valence-electron chi connectivity index (χ1n) is 7.75. The number of alkyl halides is 3. The van der Waals surface area contributed by atoms with Crippen molar-refractivity contribution in [3.8, 4) is 0 Å². The van der Waals surface area contributed by atoms with E-state index in [1.807, 2.05) is 0 Å². The fourth-order valence-electron chi connectivity index (χ4n) is 2.26. The van der Waals surface area contributed by atoms with E-state index in [4.69, 9.17) is 0 Å². The molecule has 0 bridgehead atoms. The van der Waals surface area contributed by atoms with E-state index < -0.39 is 59.5 Å². The molecule has 28 heavy (non-hydrogen) atoms. The van der Waals surface area contributed by atoms with Gasteiger partial charge in [-0.2, -0.15) is 13.2 Å². The molecule has 0 aliphatic heterocycles. The summed E-state index contributed by atoms with van der Waals surface area (Å²) in [7, 11) is 3.01. The molecule has 1 aromatic carbocycles. The molecule has 0 aliphatic rings. The second-order valence-corrected chi connectivity index (χ2v) is 5.46. The molecule has 2 atom stereocenters. The molecular weight excluding hydrogens is 387 g/mol. The number of halogens is 3. The van der Waals surface area contributed by atoms with Crippen LogP contribution in [0.3, 0.4) is 0 Å². The summed E-state index contributed by atoms with van der Waals surface area (Å²) < 4.78 is 52.0. The lowest BCUT2D eigenvalue weighted by Gasteiger charge is -2.23. The van der Waals surface area contributed by atoms with Crippen molar-refractivity contribution < 1.29 is 46.6 Å². The van der Waals surface area contributed by atoms with Crippen LogP contribution >= 0.6 is 0 Å². The van der Waals surface area contributed by atoms with Crippen LogP contribution in [-0.4, -0.2) is 51.2 Å². The molecule has 0 spiro atoms. The third-order valence-corrected chi connectivity index (χ3v) is 3.71. The molecule has 0 saturated carbocycles. The van der Waals surface area contributed by atoms with Crippen molar-refractivity contribution >= 4 is 23.8 Å². The minimum atomic E-state index is -4.68. The predicted molar refractivity (Wildman–Crippen MR) is 86.9 cm³/mol. The number of nitrogens with one attached hydrogen (secondary N) is 1. The van der Waals surface area contributed by atoms with Crippen LogP contribution in [0.5, 0.6) is 0 Å². The predicted octanol–water partition coefficient (Wildman–Crippen LogP) is 1.33. The lowest BCUT2D eigenvalue weighted by molar-refractivity contribution is -0.158. The Labute approximate surface area is 157 Å². The molecule has 0 heterocycles. The van der Waals surface area contributed by atoms with Gasteiger partial charge in [0.05, 0.1) is 39.2 Å². The molecule has 0 radical (unpaired) electrons. The lowest BCUT2D eigenvalue weighted by atomic mass is 9.95. The number of amides is 1. The fourth-order valence-corrected chi connectivity index (χ4v) is 2.26. The zero-order chi connectivity index (χ0) is 21.5. The molecule has 0 unspecified atom stereocenters. The van der Waals surface area contributed by atoms with Gasteiger partial charge in [-0.15, -0.1) is 0 Å². The Morgan fingerprint density at radius 3 is 2.11 bits per heavy atom. The number of ether oxygens (including phenoxy) is 3. The topological polar surface area (TPSA) is 108 Å². The normalized spacial score (nSPS) is 13.1. The average Bonchev–Trinajstić information content (AvgIpc) is 2.68. The Morgan fingerprint density at radius 1 is 1.00 bits per heavy atom. The molecule has 0 aliphatic carbocycles. The van der Waals surface area contributed by atoms with Crippen LogP contribution in [0.25, 0.3) is 0 Å². The summed E-state index contributed by atoms with van der Waals surface area (Å²) in [6.45, 7) is 0. The van der Waals surface area contributed by atoms with Gasteiger partial charge in [-0.1, -0.05) is 6.07 Å². The van der Waals surface area contributed by atoms with E-state index in [-0.39, 0.29) is 0 Å². The van der Waals surface area contributed by atoms with Crippen LogP contribution in [-0.2, 0) is 34.8 Å².